The maximum atomic E-state index is 12.7. The Bertz CT molecular complexity index is 892. The predicted octanol–water partition coefficient (Wildman–Crippen LogP) is 2.15. The predicted molar refractivity (Wildman–Crippen MR) is 109 cm³/mol. The Balaban J connectivity index is 1.70. The van der Waals surface area contributed by atoms with E-state index in [0.29, 0.717) is 29.6 Å². The molecule has 1 aliphatic rings. The van der Waals surface area contributed by atoms with Crippen molar-refractivity contribution in [2.24, 2.45) is 0 Å². The summed E-state index contributed by atoms with van der Waals surface area (Å²) in [5, 5.41) is 12.3. The highest BCUT2D eigenvalue weighted by molar-refractivity contribution is 7.91. The number of phenols is 1. The summed E-state index contributed by atoms with van der Waals surface area (Å²) in [7, 11) is -3.37. The van der Waals surface area contributed by atoms with Crippen molar-refractivity contribution in [1.29, 1.82) is 0 Å². The molecule has 0 saturated carbocycles. The number of nitrogens with zero attached hydrogens (tertiary/aromatic N) is 1. The van der Waals surface area contributed by atoms with Crippen molar-refractivity contribution in [3.63, 3.8) is 0 Å². The second-order valence-electron chi connectivity index (χ2n) is 8.31. The van der Waals surface area contributed by atoms with Crippen molar-refractivity contribution in [3.8, 4) is 5.75 Å². The summed E-state index contributed by atoms with van der Waals surface area (Å²) in [6, 6.07) is 7.59. The lowest BCUT2D eigenvalue weighted by Crippen LogP contribution is -3.13. The first-order valence-corrected chi connectivity index (χ1v) is 11.6. The lowest BCUT2D eigenvalue weighted by atomic mass is 9.85. The first-order chi connectivity index (χ1) is 12.6. The third-order valence-corrected chi connectivity index (χ3v) is 8.48. The summed E-state index contributed by atoms with van der Waals surface area (Å²) in [6.07, 6.45) is 0. The fourth-order valence-corrected chi connectivity index (χ4v) is 6.03. The highest BCUT2D eigenvalue weighted by Crippen LogP contribution is 2.30. The molecule has 2 heterocycles. The number of sulfonamides is 1. The molecule has 1 aliphatic heterocycles. The van der Waals surface area contributed by atoms with Gasteiger partial charge in [-0.3, -0.25) is 0 Å². The number of thiophene rings is 1. The van der Waals surface area contributed by atoms with E-state index in [2.05, 4.69) is 32.9 Å². The Morgan fingerprint density at radius 1 is 1.22 bits per heavy atom. The lowest BCUT2D eigenvalue weighted by Gasteiger charge is -2.31. The number of piperazine rings is 1. The number of phenolic OH excluding ortho intramolecular Hbond substituents is 1. The molecule has 27 heavy (non-hydrogen) atoms. The monoisotopic (exact) mass is 409 g/mol. The molecule has 0 bridgehead atoms. The van der Waals surface area contributed by atoms with E-state index < -0.39 is 10.0 Å². The summed E-state index contributed by atoms with van der Waals surface area (Å²) < 4.78 is 27.3. The van der Waals surface area contributed by atoms with Crippen LogP contribution in [0, 0.1) is 6.92 Å². The molecule has 5 nitrogen and oxygen atoms in total. The average Bonchev–Trinajstić information content (AvgIpc) is 3.14. The van der Waals surface area contributed by atoms with E-state index in [0.717, 1.165) is 24.2 Å². The molecule has 0 atom stereocenters. The summed E-state index contributed by atoms with van der Waals surface area (Å²) in [5.74, 6) is 0.365. The van der Waals surface area contributed by atoms with Gasteiger partial charge in [-0.1, -0.05) is 32.9 Å². The van der Waals surface area contributed by atoms with Crippen molar-refractivity contribution in [2.75, 3.05) is 26.2 Å². The molecule has 7 heteroatoms. The Morgan fingerprint density at radius 2 is 1.89 bits per heavy atom. The molecular formula is C20H29N2O3S2+. The molecule has 2 aromatic rings. The summed E-state index contributed by atoms with van der Waals surface area (Å²) >= 11 is 1.26. The van der Waals surface area contributed by atoms with Gasteiger partial charge in [0.05, 0.1) is 26.2 Å². The van der Waals surface area contributed by atoms with E-state index in [-0.39, 0.29) is 5.41 Å². The molecule has 3 rings (SSSR count). The fraction of sp³-hybridized carbons (Fsp3) is 0.500. The number of hydrogen-bond donors (Lipinski definition) is 2. The van der Waals surface area contributed by atoms with Crippen molar-refractivity contribution in [2.45, 2.75) is 43.9 Å². The summed E-state index contributed by atoms with van der Waals surface area (Å²) in [6.45, 7) is 11.7. The molecule has 1 aromatic carbocycles. The van der Waals surface area contributed by atoms with Gasteiger partial charge in [0, 0.05) is 5.56 Å². The molecule has 0 amide bonds. The van der Waals surface area contributed by atoms with Gasteiger partial charge in [-0.05, 0) is 41.0 Å². The summed E-state index contributed by atoms with van der Waals surface area (Å²) in [4.78, 5) is 1.30. The first kappa shape index (κ1) is 20.3. The zero-order chi connectivity index (χ0) is 19.8. The number of hydrogen-bond acceptors (Lipinski definition) is 4. The van der Waals surface area contributed by atoms with Gasteiger partial charge in [-0.15, -0.1) is 11.3 Å². The minimum Gasteiger partial charge on any atom is -0.507 e. The second-order valence-corrected chi connectivity index (χ2v) is 11.4. The van der Waals surface area contributed by atoms with Crippen LogP contribution in [0.25, 0.3) is 0 Å². The number of rotatable bonds is 4. The van der Waals surface area contributed by atoms with E-state index in [1.54, 1.807) is 21.8 Å². The van der Waals surface area contributed by atoms with Crippen LogP contribution in [0.1, 0.15) is 37.5 Å². The first-order valence-electron chi connectivity index (χ1n) is 9.29. The normalized spacial score (nSPS) is 17.3. The van der Waals surface area contributed by atoms with E-state index in [1.807, 2.05) is 6.92 Å². The van der Waals surface area contributed by atoms with Gasteiger partial charge in [0.2, 0.25) is 0 Å². The lowest BCUT2D eigenvalue weighted by molar-refractivity contribution is -0.917. The van der Waals surface area contributed by atoms with E-state index in [9.17, 15) is 13.5 Å². The topological polar surface area (TPSA) is 62.0 Å². The van der Waals surface area contributed by atoms with Gasteiger partial charge < -0.3 is 10.0 Å². The van der Waals surface area contributed by atoms with E-state index >= 15 is 0 Å². The van der Waals surface area contributed by atoms with Crippen molar-refractivity contribution in [1.82, 2.24) is 4.31 Å². The molecule has 0 aliphatic carbocycles. The largest absolute Gasteiger partial charge is 0.507 e. The highest BCUT2D eigenvalue weighted by atomic mass is 32.2. The Kier molecular flexibility index (Phi) is 5.68. The third-order valence-electron chi connectivity index (χ3n) is 5.20. The average molecular weight is 410 g/mol. The van der Waals surface area contributed by atoms with Gasteiger partial charge in [0.15, 0.2) is 0 Å². The molecule has 0 spiro atoms. The molecule has 0 radical (unpaired) electrons. The van der Waals surface area contributed by atoms with Gasteiger partial charge in [0.1, 0.15) is 16.5 Å². The van der Waals surface area contributed by atoms with Crippen molar-refractivity contribution >= 4 is 21.4 Å². The van der Waals surface area contributed by atoms with E-state index in [1.165, 1.54) is 21.8 Å². The molecule has 1 fully saturated rings. The Morgan fingerprint density at radius 3 is 2.44 bits per heavy atom. The van der Waals surface area contributed by atoms with Crippen LogP contribution in [0.15, 0.2) is 33.9 Å². The molecule has 1 aromatic heterocycles. The second kappa shape index (κ2) is 7.54. The van der Waals surface area contributed by atoms with Gasteiger partial charge in [0.25, 0.3) is 10.0 Å². The van der Waals surface area contributed by atoms with Crippen LogP contribution in [0.3, 0.4) is 0 Å². The number of aromatic hydroxyl groups is 1. The maximum absolute atomic E-state index is 12.7. The van der Waals surface area contributed by atoms with Gasteiger partial charge in [-0.2, -0.15) is 4.31 Å². The Labute approximate surface area is 166 Å². The zero-order valence-corrected chi connectivity index (χ0v) is 18.1. The van der Waals surface area contributed by atoms with Crippen LogP contribution in [0.5, 0.6) is 5.75 Å². The standard InChI is InChI=1S/C20H28N2O3S2/c1-15-12-17(20(2,3)4)13-16(19(15)23)14-21-7-9-22(10-8-21)27(24,25)18-6-5-11-26-18/h5-6,11-13,23H,7-10,14H2,1-4H3/p+1. The zero-order valence-electron chi connectivity index (χ0n) is 16.4. The van der Waals surface area contributed by atoms with Crippen LogP contribution in [0.2, 0.25) is 0 Å². The molecule has 0 unspecified atom stereocenters. The molecule has 2 N–H and O–H groups in total. The quantitative estimate of drug-likeness (QED) is 0.813. The number of aryl methyl sites for hydroxylation is 1. The fourth-order valence-electron chi connectivity index (χ4n) is 3.45. The van der Waals surface area contributed by atoms with Crippen LogP contribution in [-0.2, 0) is 22.0 Å². The number of benzene rings is 1. The number of quaternary nitrogens is 1. The molecular weight excluding hydrogens is 380 g/mol. The third kappa shape index (κ3) is 4.37. The van der Waals surface area contributed by atoms with Crippen molar-refractivity contribution < 1.29 is 18.4 Å². The van der Waals surface area contributed by atoms with Crippen LogP contribution in [0.4, 0.5) is 0 Å². The van der Waals surface area contributed by atoms with Crippen LogP contribution < -0.4 is 4.90 Å². The van der Waals surface area contributed by atoms with E-state index in [4.69, 9.17) is 0 Å². The Hall–Kier alpha value is -1.41. The minimum absolute atomic E-state index is 0.0238. The molecule has 148 valence electrons. The highest BCUT2D eigenvalue weighted by Gasteiger charge is 2.31. The molecule has 1 saturated heterocycles. The smallest absolute Gasteiger partial charge is 0.252 e. The minimum atomic E-state index is -3.37. The number of nitrogens with one attached hydrogen (secondary N) is 1. The summed E-state index contributed by atoms with van der Waals surface area (Å²) in [5.41, 5.74) is 3.09. The van der Waals surface area contributed by atoms with Crippen molar-refractivity contribution in [3.05, 3.63) is 46.3 Å². The van der Waals surface area contributed by atoms with Gasteiger partial charge >= 0.3 is 0 Å². The van der Waals surface area contributed by atoms with Gasteiger partial charge in [-0.25, -0.2) is 8.42 Å². The van der Waals surface area contributed by atoms with Crippen LogP contribution in [-0.4, -0.2) is 44.0 Å². The maximum Gasteiger partial charge on any atom is 0.252 e. The SMILES string of the molecule is Cc1cc(C(C)(C)C)cc(C[NH+]2CCN(S(=O)(=O)c3cccs3)CC2)c1O. The van der Waals surface area contributed by atoms with Crippen LogP contribution >= 0.6 is 11.3 Å².